The highest BCUT2D eigenvalue weighted by atomic mass is 35.5. The van der Waals surface area contributed by atoms with Gasteiger partial charge in [0, 0.05) is 22.4 Å². The van der Waals surface area contributed by atoms with E-state index in [1.54, 1.807) is 12.1 Å². The highest BCUT2D eigenvalue weighted by molar-refractivity contribution is 6.32. The lowest BCUT2D eigenvalue weighted by Crippen LogP contribution is -2.39. The van der Waals surface area contributed by atoms with E-state index in [2.05, 4.69) is 4.74 Å². The molecule has 2 atom stereocenters. The maximum atomic E-state index is 13.4. The van der Waals surface area contributed by atoms with Crippen LogP contribution in [0.5, 0.6) is 0 Å². The molecule has 1 saturated carbocycles. The molecule has 0 amide bonds. The van der Waals surface area contributed by atoms with Crippen molar-refractivity contribution in [2.45, 2.75) is 30.9 Å². The van der Waals surface area contributed by atoms with Crippen molar-refractivity contribution in [3.05, 3.63) is 40.4 Å². The molecule has 0 heterocycles. The number of methoxy groups -OCH3 is 1. The Bertz CT molecular complexity index is 754. The lowest BCUT2D eigenvalue weighted by molar-refractivity contribution is -0.151. The van der Waals surface area contributed by atoms with E-state index < -0.39 is 34.8 Å². The van der Waals surface area contributed by atoms with Gasteiger partial charge in [0.15, 0.2) is 0 Å². The summed E-state index contributed by atoms with van der Waals surface area (Å²) in [5.41, 5.74) is -1.53. The summed E-state index contributed by atoms with van der Waals surface area (Å²) in [4.78, 5) is 24.0. The lowest BCUT2D eigenvalue weighted by Gasteiger charge is -2.35. The van der Waals surface area contributed by atoms with E-state index in [1.165, 1.54) is 13.2 Å². The van der Waals surface area contributed by atoms with Crippen molar-refractivity contribution in [2.24, 2.45) is 5.92 Å². The molecule has 7 heteroatoms. The summed E-state index contributed by atoms with van der Waals surface area (Å²) in [6.45, 7) is 0. The van der Waals surface area contributed by atoms with Crippen LogP contribution in [0.2, 0.25) is 5.02 Å². The van der Waals surface area contributed by atoms with E-state index in [4.69, 9.17) is 11.6 Å². The van der Waals surface area contributed by atoms with Gasteiger partial charge in [0.25, 0.3) is 0 Å². The van der Waals surface area contributed by atoms with Crippen LogP contribution in [0.3, 0.4) is 0 Å². The van der Waals surface area contributed by atoms with Gasteiger partial charge in [0.1, 0.15) is 11.7 Å². The Kier molecular flexibility index (Phi) is 3.98. The Morgan fingerprint density at radius 1 is 1.38 bits per heavy atom. The van der Waals surface area contributed by atoms with Gasteiger partial charge in [-0.3, -0.25) is 9.59 Å². The maximum Gasteiger partial charge on any atom is 0.416 e. The van der Waals surface area contributed by atoms with Crippen molar-refractivity contribution in [3.8, 4) is 0 Å². The molecule has 0 N–H and O–H groups in total. The molecule has 2 aliphatic rings. The van der Waals surface area contributed by atoms with Crippen LogP contribution in [0.25, 0.3) is 5.57 Å². The molecule has 3 rings (SSSR count). The fourth-order valence-electron chi connectivity index (χ4n) is 3.69. The van der Waals surface area contributed by atoms with Crippen LogP contribution in [0.4, 0.5) is 13.2 Å². The van der Waals surface area contributed by atoms with E-state index in [0.29, 0.717) is 5.56 Å². The monoisotopic (exact) mass is 358 g/mol. The number of carbonyl (C=O) groups is 2. The minimum absolute atomic E-state index is 0.00971. The first-order valence-corrected chi connectivity index (χ1v) is 7.77. The Hall–Kier alpha value is -1.82. The zero-order valence-electron chi connectivity index (χ0n) is 12.7. The predicted molar refractivity (Wildman–Crippen MR) is 81.5 cm³/mol. The number of ketones is 1. The number of benzene rings is 1. The molecule has 1 aromatic rings. The molecule has 0 bridgehead atoms. The third kappa shape index (κ3) is 2.53. The van der Waals surface area contributed by atoms with Crippen LogP contribution in [0, 0.1) is 5.92 Å². The summed E-state index contributed by atoms with van der Waals surface area (Å²) in [6, 6.07) is 4.55. The van der Waals surface area contributed by atoms with Gasteiger partial charge in [0.2, 0.25) is 0 Å². The minimum atomic E-state index is -4.56. The van der Waals surface area contributed by atoms with Crippen LogP contribution in [-0.2, 0) is 19.7 Å². The summed E-state index contributed by atoms with van der Waals surface area (Å²) in [6.07, 6.45) is -3.22. The number of allylic oxidation sites excluding steroid dienone is 2. The predicted octanol–water partition coefficient (Wildman–Crippen LogP) is 4.08. The van der Waals surface area contributed by atoms with Gasteiger partial charge in [0.05, 0.1) is 12.7 Å². The standard InChI is InChI=1S/C17H14ClF3O3/c1-24-15(23)9-5-6-16(8-13(9)22)7-11(17(19,20)21)14-10(16)3-2-4-12(14)18/h2-4,7,9H,5-6,8H2,1H3/t9?,16-/m0/s1. The van der Waals surface area contributed by atoms with Crippen LogP contribution >= 0.6 is 11.6 Å². The van der Waals surface area contributed by atoms with Crippen molar-refractivity contribution in [3.63, 3.8) is 0 Å². The number of esters is 1. The third-order valence-corrected chi connectivity index (χ3v) is 5.10. The SMILES string of the molecule is COC(=O)C1CC[C@]2(C=C(C(F)(F)F)c3c(Cl)cccc32)CC1=O. The summed E-state index contributed by atoms with van der Waals surface area (Å²) < 4.78 is 44.9. The number of ether oxygens (including phenoxy) is 1. The molecule has 1 fully saturated rings. The second kappa shape index (κ2) is 5.62. The van der Waals surface area contributed by atoms with E-state index in [-0.39, 0.29) is 29.8 Å². The Labute approximate surface area is 141 Å². The summed E-state index contributed by atoms with van der Waals surface area (Å²) in [7, 11) is 1.19. The quantitative estimate of drug-likeness (QED) is 0.561. The van der Waals surface area contributed by atoms with Gasteiger partial charge in [-0.15, -0.1) is 0 Å². The highest BCUT2D eigenvalue weighted by Gasteiger charge is 2.51. The van der Waals surface area contributed by atoms with Crippen LogP contribution in [0.15, 0.2) is 24.3 Å². The third-order valence-electron chi connectivity index (χ3n) is 4.79. The van der Waals surface area contributed by atoms with Crippen molar-refractivity contribution in [1.29, 1.82) is 0 Å². The Morgan fingerprint density at radius 2 is 2.08 bits per heavy atom. The molecule has 0 aliphatic heterocycles. The Morgan fingerprint density at radius 3 is 2.67 bits per heavy atom. The van der Waals surface area contributed by atoms with Gasteiger partial charge in [-0.1, -0.05) is 29.8 Å². The lowest BCUT2D eigenvalue weighted by atomic mass is 9.67. The molecular weight excluding hydrogens is 345 g/mol. The molecule has 1 aromatic carbocycles. The molecule has 0 aromatic heterocycles. The molecular formula is C17H14ClF3O3. The summed E-state index contributed by atoms with van der Waals surface area (Å²) >= 11 is 6.01. The fourth-order valence-corrected chi connectivity index (χ4v) is 3.97. The number of halogens is 4. The largest absolute Gasteiger partial charge is 0.468 e. The average Bonchev–Trinajstić information content (AvgIpc) is 2.83. The molecule has 1 unspecified atom stereocenters. The topological polar surface area (TPSA) is 43.4 Å². The second-order valence-electron chi connectivity index (χ2n) is 6.13. The number of rotatable bonds is 1. The number of hydrogen-bond donors (Lipinski definition) is 0. The van der Waals surface area contributed by atoms with Crippen molar-refractivity contribution in [2.75, 3.05) is 7.11 Å². The van der Waals surface area contributed by atoms with Gasteiger partial charge in [-0.25, -0.2) is 0 Å². The minimum Gasteiger partial charge on any atom is -0.468 e. The molecule has 0 radical (unpaired) electrons. The summed E-state index contributed by atoms with van der Waals surface area (Å²) in [5, 5.41) is 0.00971. The average molecular weight is 359 g/mol. The molecule has 3 nitrogen and oxygen atoms in total. The second-order valence-corrected chi connectivity index (χ2v) is 6.54. The number of Topliss-reactive ketones (excluding diaryl/α,β-unsaturated/α-hetero) is 1. The number of carbonyl (C=O) groups excluding carboxylic acids is 2. The summed E-state index contributed by atoms with van der Waals surface area (Å²) in [5.74, 6) is -1.95. The molecule has 2 aliphatic carbocycles. The van der Waals surface area contributed by atoms with Gasteiger partial charge in [-0.05, 0) is 24.5 Å². The zero-order valence-corrected chi connectivity index (χ0v) is 13.5. The van der Waals surface area contributed by atoms with Crippen molar-refractivity contribution in [1.82, 2.24) is 0 Å². The fraction of sp³-hybridized carbons (Fsp3) is 0.412. The maximum absolute atomic E-state index is 13.4. The van der Waals surface area contributed by atoms with E-state index in [1.807, 2.05) is 0 Å². The first-order valence-electron chi connectivity index (χ1n) is 7.39. The normalized spacial score (nSPS) is 26.3. The number of fused-ring (bicyclic) bond motifs is 2. The Balaban J connectivity index is 2.07. The van der Waals surface area contributed by atoms with E-state index in [9.17, 15) is 22.8 Å². The smallest absolute Gasteiger partial charge is 0.416 e. The molecule has 0 saturated heterocycles. The zero-order chi connectivity index (χ0) is 17.7. The number of hydrogen-bond acceptors (Lipinski definition) is 3. The van der Waals surface area contributed by atoms with Crippen LogP contribution in [-0.4, -0.2) is 25.0 Å². The van der Waals surface area contributed by atoms with E-state index in [0.717, 1.165) is 6.08 Å². The molecule has 128 valence electrons. The van der Waals surface area contributed by atoms with Crippen molar-refractivity contribution >= 4 is 28.9 Å². The first kappa shape index (κ1) is 17.0. The van der Waals surface area contributed by atoms with Crippen LogP contribution in [0.1, 0.15) is 30.4 Å². The van der Waals surface area contributed by atoms with E-state index >= 15 is 0 Å². The molecule has 1 spiro atoms. The molecule has 24 heavy (non-hydrogen) atoms. The van der Waals surface area contributed by atoms with Gasteiger partial charge < -0.3 is 4.74 Å². The number of alkyl halides is 3. The first-order chi connectivity index (χ1) is 11.2. The van der Waals surface area contributed by atoms with Gasteiger partial charge in [-0.2, -0.15) is 13.2 Å². The van der Waals surface area contributed by atoms with Crippen LogP contribution < -0.4 is 0 Å². The van der Waals surface area contributed by atoms with Gasteiger partial charge >= 0.3 is 12.1 Å². The highest BCUT2D eigenvalue weighted by Crippen LogP contribution is 2.54. The van der Waals surface area contributed by atoms with Crippen molar-refractivity contribution < 1.29 is 27.5 Å².